The third-order valence-corrected chi connectivity index (χ3v) is 6.03. The van der Waals surface area contributed by atoms with Crippen molar-refractivity contribution in [3.63, 3.8) is 0 Å². The van der Waals surface area contributed by atoms with E-state index in [1.165, 1.54) is 11.8 Å². The number of nitriles is 1. The third kappa shape index (κ3) is 3.32. The molecule has 3 aliphatic rings. The molecule has 0 aromatic heterocycles. The Balaban J connectivity index is 2.01. The van der Waals surface area contributed by atoms with E-state index in [9.17, 15) is 14.9 Å². The van der Waals surface area contributed by atoms with Crippen LogP contribution in [0.1, 0.15) is 38.5 Å². The lowest BCUT2D eigenvalue weighted by atomic mass is 9.66. The van der Waals surface area contributed by atoms with Crippen molar-refractivity contribution in [1.82, 2.24) is 0 Å². The topological polar surface area (TPSA) is 96.3 Å². The number of amides is 1. The molecule has 1 fully saturated rings. The maximum atomic E-state index is 12.6. The van der Waals surface area contributed by atoms with Gasteiger partial charge in [0.1, 0.15) is 10.8 Å². The lowest BCUT2D eigenvalue weighted by Gasteiger charge is -2.39. The molecule has 126 valence electrons. The molecule has 1 unspecified atom stereocenters. The van der Waals surface area contributed by atoms with E-state index in [-0.39, 0.29) is 29.3 Å². The molecule has 1 aliphatic heterocycles. The zero-order valence-corrected chi connectivity index (χ0v) is 14.3. The first kappa shape index (κ1) is 17.0. The fraction of sp³-hybridized carbons (Fsp3) is 0.556. The molecule has 24 heavy (non-hydrogen) atoms. The van der Waals surface area contributed by atoms with Crippen molar-refractivity contribution >= 4 is 29.2 Å². The number of rotatable bonds is 4. The molecule has 3 atom stereocenters. The van der Waals surface area contributed by atoms with E-state index in [2.05, 4.69) is 23.2 Å². The van der Waals surface area contributed by atoms with Crippen molar-refractivity contribution in [2.75, 3.05) is 5.75 Å². The molecule has 0 aromatic rings. The number of nitrogens with zero attached hydrogens (tertiary/aromatic N) is 2. The van der Waals surface area contributed by atoms with Gasteiger partial charge in [-0.3, -0.25) is 9.59 Å². The lowest BCUT2D eigenvalue weighted by Crippen LogP contribution is -2.41. The molecule has 0 saturated heterocycles. The number of carbonyl (C=O) groups excluding carboxylic acids is 2. The molecule has 0 radical (unpaired) electrons. The summed E-state index contributed by atoms with van der Waals surface area (Å²) < 4.78 is 0. The van der Waals surface area contributed by atoms with Gasteiger partial charge in [0.05, 0.1) is 23.3 Å². The van der Waals surface area contributed by atoms with E-state index in [1.807, 2.05) is 0 Å². The molecule has 1 saturated carbocycles. The van der Waals surface area contributed by atoms with Crippen LogP contribution in [0.4, 0.5) is 0 Å². The molecule has 0 spiro atoms. The molecule has 0 aromatic carbocycles. The van der Waals surface area contributed by atoms with E-state index >= 15 is 0 Å². The Bertz CT molecular complexity index is 687. The van der Waals surface area contributed by atoms with Crippen molar-refractivity contribution in [2.45, 2.75) is 38.5 Å². The Labute approximate surface area is 146 Å². The number of nitrogens with two attached hydrogens (primary N) is 1. The van der Waals surface area contributed by atoms with Gasteiger partial charge in [-0.25, -0.2) is 4.99 Å². The molecule has 6 heteroatoms. The van der Waals surface area contributed by atoms with Crippen LogP contribution in [0.5, 0.6) is 0 Å². The molecule has 2 N–H and O–H groups in total. The van der Waals surface area contributed by atoms with E-state index in [4.69, 9.17) is 5.73 Å². The number of hydrogen-bond acceptors (Lipinski definition) is 5. The monoisotopic (exact) mass is 343 g/mol. The zero-order valence-electron chi connectivity index (χ0n) is 13.5. The van der Waals surface area contributed by atoms with Crippen molar-refractivity contribution < 1.29 is 9.59 Å². The fourth-order valence-corrected chi connectivity index (χ4v) is 4.79. The zero-order chi connectivity index (χ0) is 17.1. The molecule has 3 rings (SSSR count). The number of aliphatic imine (C=N–C) groups is 1. The SMILES string of the molecule is N#CC1=C(SCC(N)=O)N=C2CCCC(=O)C2[C@H]1[C@H]1CC=CCC1. The summed E-state index contributed by atoms with van der Waals surface area (Å²) in [7, 11) is 0. The van der Waals surface area contributed by atoms with Crippen LogP contribution in [0.25, 0.3) is 0 Å². The summed E-state index contributed by atoms with van der Waals surface area (Å²) in [4.78, 5) is 28.4. The minimum absolute atomic E-state index is 0.101. The number of hydrogen-bond donors (Lipinski definition) is 1. The summed E-state index contributed by atoms with van der Waals surface area (Å²) in [6.07, 6.45) is 9.36. The standard InChI is InChI=1S/C18H21N3O2S/c19-9-12-16(11-5-2-1-3-6-11)17-13(7-4-8-14(17)22)21-18(12)24-10-15(20)23/h1-2,11,16-17H,3-8,10H2,(H2,20,23)/t11-,16-,17?/m0/s1. The number of thioether (sulfide) groups is 1. The van der Waals surface area contributed by atoms with Gasteiger partial charge in [0.25, 0.3) is 0 Å². The third-order valence-electron chi connectivity index (χ3n) is 5.02. The Morgan fingerprint density at radius 2 is 2.25 bits per heavy atom. The number of Topliss-reactive ketones (excluding diaryl/α,β-unsaturated/α-hetero) is 1. The number of fused-ring (bicyclic) bond motifs is 1. The second kappa shape index (κ2) is 7.35. The smallest absolute Gasteiger partial charge is 0.227 e. The summed E-state index contributed by atoms with van der Waals surface area (Å²) in [5.74, 6) is -0.173. The molecular weight excluding hydrogens is 322 g/mol. The van der Waals surface area contributed by atoms with Gasteiger partial charge in [-0.05, 0) is 38.0 Å². The highest BCUT2D eigenvalue weighted by atomic mass is 32.2. The minimum Gasteiger partial charge on any atom is -0.369 e. The minimum atomic E-state index is -0.427. The van der Waals surface area contributed by atoms with Crippen LogP contribution >= 0.6 is 11.8 Å². The summed E-state index contributed by atoms with van der Waals surface area (Å²) >= 11 is 1.23. The van der Waals surface area contributed by atoms with E-state index in [1.54, 1.807) is 0 Å². The quantitative estimate of drug-likeness (QED) is 0.794. The van der Waals surface area contributed by atoms with Gasteiger partial charge in [-0.1, -0.05) is 23.9 Å². The number of ketones is 1. The average molecular weight is 343 g/mol. The van der Waals surface area contributed by atoms with Crippen molar-refractivity contribution in [2.24, 2.45) is 28.5 Å². The van der Waals surface area contributed by atoms with Crippen LogP contribution in [0.3, 0.4) is 0 Å². The fourth-order valence-electron chi connectivity index (χ4n) is 4.00. The second-order valence-electron chi connectivity index (χ2n) is 6.56. The van der Waals surface area contributed by atoms with Crippen molar-refractivity contribution in [3.8, 4) is 6.07 Å². The van der Waals surface area contributed by atoms with E-state index in [0.29, 0.717) is 17.0 Å². The number of carbonyl (C=O) groups is 2. The first-order valence-electron chi connectivity index (χ1n) is 8.42. The Kier molecular flexibility index (Phi) is 5.20. The van der Waals surface area contributed by atoms with Crippen LogP contribution in [0.2, 0.25) is 0 Å². The summed E-state index contributed by atoms with van der Waals surface area (Å²) in [5.41, 5.74) is 6.73. The van der Waals surface area contributed by atoms with Crippen LogP contribution in [-0.4, -0.2) is 23.2 Å². The van der Waals surface area contributed by atoms with Crippen LogP contribution in [0.15, 0.2) is 27.7 Å². The van der Waals surface area contributed by atoms with Gasteiger partial charge in [-0.2, -0.15) is 5.26 Å². The summed E-state index contributed by atoms with van der Waals surface area (Å²) in [6.45, 7) is 0. The van der Waals surface area contributed by atoms with Crippen LogP contribution < -0.4 is 5.73 Å². The lowest BCUT2D eigenvalue weighted by molar-refractivity contribution is -0.123. The Morgan fingerprint density at radius 1 is 1.42 bits per heavy atom. The molecule has 1 amide bonds. The normalized spacial score (nSPS) is 29.7. The number of allylic oxidation sites excluding steroid dienone is 3. The molecular formula is C18H21N3O2S. The molecule has 5 nitrogen and oxygen atoms in total. The van der Waals surface area contributed by atoms with Gasteiger partial charge in [0.2, 0.25) is 5.91 Å². The maximum Gasteiger partial charge on any atom is 0.227 e. The van der Waals surface area contributed by atoms with Gasteiger partial charge < -0.3 is 5.73 Å². The number of primary amides is 1. The van der Waals surface area contributed by atoms with E-state index < -0.39 is 5.91 Å². The Hall–Kier alpha value is -1.87. The predicted molar refractivity (Wildman–Crippen MR) is 94.0 cm³/mol. The van der Waals surface area contributed by atoms with Crippen LogP contribution in [-0.2, 0) is 9.59 Å². The average Bonchev–Trinajstić information content (AvgIpc) is 2.59. The van der Waals surface area contributed by atoms with Crippen molar-refractivity contribution in [1.29, 1.82) is 5.26 Å². The largest absolute Gasteiger partial charge is 0.369 e. The first-order valence-corrected chi connectivity index (χ1v) is 9.41. The highest BCUT2D eigenvalue weighted by Crippen LogP contribution is 2.45. The second-order valence-corrected chi connectivity index (χ2v) is 7.52. The maximum absolute atomic E-state index is 12.6. The van der Waals surface area contributed by atoms with Gasteiger partial charge in [0, 0.05) is 18.1 Å². The Morgan fingerprint density at radius 3 is 2.92 bits per heavy atom. The summed E-state index contributed by atoms with van der Waals surface area (Å²) in [5, 5.41) is 10.4. The van der Waals surface area contributed by atoms with Gasteiger partial charge >= 0.3 is 0 Å². The molecule has 0 bridgehead atoms. The van der Waals surface area contributed by atoms with Crippen LogP contribution in [0, 0.1) is 29.1 Å². The first-order chi connectivity index (χ1) is 11.6. The summed E-state index contributed by atoms with van der Waals surface area (Å²) in [6, 6.07) is 2.30. The molecule has 2 aliphatic carbocycles. The highest BCUT2D eigenvalue weighted by molar-refractivity contribution is 8.03. The highest BCUT2D eigenvalue weighted by Gasteiger charge is 2.44. The van der Waals surface area contributed by atoms with Gasteiger partial charge in [-0.15, -0.1) is 0 Å². The molecule has 1 heterocycles. The van der Waals surface area contributed by atoms with E-state index in [0.717, 1.165) is 37.8 Å². The van der Waals surface area contributed by atoms with Crippen molar-refractivity contribution in [3.05, 3.63) is 22.8 Å². The predicted octanol–water partition coefficient (Wildman–Crippen LogP) is 2.74. The van der Waals surface area contributed by atoms with Gasteiger partial charge in [0.15, 0.2) is 0 Å².